The van der Waals surface area contributed by atoms with Crippen molar-refractivity contribution in [2.45, 2.75) is 39.0 Å². The molecule has 6 heteroatoms. The molecule has 0 radical (unpaired) electrons. The quantitative estimate of drug-likeness (QED) is 0.929. The van der Waals surface area contributed by atoms with Crippen LogP contribution in [0.5, 0.6) is 0 Å². The Labute approximate surface area is 121 Å². The van der Waals surface area contributed by atoms with Crippen molar-refractivity contribution >= 4 is 33.3 Å². The second kappa shape index (κ2) is 5.01. The van der Waals surface area contributed by atoms with Crippen LogP contribution in [-0.4, -0.2) is 22.5 Å². The lowest BCUT2D eigenvalue weighted by Gasteiger charge is -2.19. The van der Waals surface area contributed by atoms with E-state index in [0.717, 1.165) is 23.1 Å². The summed E-state index contributed by atoms with van der Waals surface area (Å²) in [5.41, 5.74) is 1.30. The largest absolute Gasteiger partial charge is 0.548 e. The Kier molecular flexibility index (Phi) is 3.33. The van der Waals surface area contributed by atoms with Crippen molar-refractivity contribution in [1.82, 2.24) is 9.97 Å². The third-order valence-electron chi connectivity index (χ3n) is 3.71. The number of fused-ring (bicyclic) bond motifs is 3. The number of carbonyl (C=O) groups excluding carboxylic acids is 1. The summed E-state index contributed by atoms with van der Waals surface area (Å²) in [6, 6.07) is 0. The molecule has 1 N–H and O–H groups in total. The molecule has 1 aliphatic carbocycles. The number of carboxylic acid groups (broad SMARTS) is 1. The van der Waals surface area contributed by atoms with E-state index < -0.39 is 5.97 Å². The number of rotatable bonds is 3. The molecule has 2 aromatic heterocycles. The molecule has 0 bridgehead atoms. The van der Waals surface area contributed by atoms with E-state index in [1.807, 2.05) is 6.92 Å². The highest BCUT2D eigenvalue weighted by atomic mass is 32.1. The van der Waals surface area contributed by atoms with Crippen LogP contribution in [-0.2, 0) is 11.2 Å². The Bertz CT molecular complexity index is 681. The van der Waals surface area contributed by atoms with Crippen molar-refractivity contribution in [1.29, 1.82) is 0 Å². The molecule has 5 nitrogen and oxygen atoms in total. The summed E-state index contributed by atoms with van der Waals surface area (Å²) in [5, 5.41) is 14.6. The molecule has 0 aromatic carbocycles. The normalized spacial score (nSPS) is 18.0. The Morgan fingerprint density at radius 3 is 3.05 bits per heavy atom. The summed E-state index contributed by atoms with van der Waals surface area (Å²) in [6.07, 6.45) is 3.45. The Morgan fingerprint density at radius 2 is 2.30 bits per heavy atom. The molecule has 0 amide bonds. The molecule has 0 saturated carbocycles. The number of aliphatic carboxylic acids is 1. The zero-order valence-electron chi connectivity index (χ0n) is 11.5. The van der Waals surface area contributed by atoms with Gasteiger partial charge in [-0.15, -0.1) is 11.3 Å². The number of hydrogen-bond donors (Lipinski definition) is 1. The zero-order valence-corrected chi connectivity index (χ0v) is 12.3. The number of aryl methyl sites for hydroxylation is 2. The standard InChI is InChI=1S/C14H17N3O2S/c1-7-4-3-5-9-11(7)12-13(15-6-10(18)19)16-8(2)17-14(12)20-9/h7H,3-6H2,1-2H3,(H,18,19)(H,15,16,17)/p-1/t7-/m1/s1. The van der Waals surface area contributed by atoms with Gasteiger partial charge in [-0.3, -0.25) is 0 Å². The maximum atomic E-state index is 10.7. The van der Waals surface area contributed by atoms with Crippen LogP contribution in [0.25, 0.3) is 10.2 Å². The fraction of sp³-hybridized carbons (Fsp3) is 0.500. The summed E-state index contributed by atoms with van der Waals surface area (Å²) in [5.74, 6) is 0.626. The van der Waals surface area contributed by atoms with Gasteiger partial charge in [0.25, 0.3) is 0 Å². The van der Waals surface area contributed by atoms with E-state index in [9.17, 15) is 9.90 Å². The second-order valence-electron chi connectivity index (χ2n) is 5.26. The number of hydrogen-bond acceptors (Lipinski definition) is 6. The summed E-state index contributed by atoms with van der Waals surface area (Å²) in [7, 11) is 0. The van der Waals surface area contributed by atoms with Gasteiger partial charge in [0.15, 0.2) is 0 Å². The smallest absolute Gasteiger partial charge is 0.139 e. The molecule has 1 aliphatic rings. The molecule has 106 valence electrons. The van der Waals surface area contributed by atoms with Crippen LogP contribution in [0.4, 0.5) is 5.82 Å². The predicted molar refractivity (Wildman–Crippen MR) is 77.0 cm³/mol. The molecule has 0 unspecified atom stereocenters. The molecular weight excluding hydrogens is 274 g/mol. The number of carboxylic acids is 1. The average molecular weight is 290 g/mol. The van der Waals surface area contributed by atoms with Crippen LogP contribution in [0.3, 0.4) is 0 Å². The van der Waals surface area contributed by atoms with Crippen molar-refractivity contribution in [2.24, 2.45) is 0 Å². The van der Waals surface area contributed by atoms with E-state index in [2.05, 4.69) is 22.2 Å². The average Bonchev–Trinajstić information content (AvgIpc) is 2.75. The minimum atomic E-state index is -1.13. The molecule has 2 aromatic rings. The lowest BCUT2D eigenvalue weighted by atomic mass is 9.87. The van der Waals surface area contributed by atoms with Gasteiger partial charge in [-0.1, -0.05) is 6.92 Å². The molecule has 0 aliphatic heterocycles. The van der Waals surface area contributed by atoms with E-state index in [1.54, 1.807) is 11.3 Å². The number of thiophene rings is 1. The van der Waals surface area contributed by atoms with Gasteiger partial charge >= 0.3 is 0 Å². The molecule has 0 saturated heterocycles. The van der Waals surface area contributed by atoms with Gasteiger partial charge in [-0.25, -0.2) is 9.97 Å². The van der Waals surface area contributed by atoms with Gasteiger partial charge in [-0.05, 0) is 37.7 Å². The van der Waals surface area contributed by atoms with Gasteiger partial charge in [0.2, 0.25) is 0 Å². The first-order chi connectivity index (χ1) is 9.56. The first kappa shape index (κ1) is 13.3. The van der Waals surface area contributed by atoms with E-state index in [-0.39, 0.29) is 6.54 Å². The summed E-state index contributed by atoms with van der Waals surface area (Å²) in [6.45, 7) is 3.81. The first-order valence-corrected chi connectivity index (χ1v) is 7.61. The molecular formula is C14H16N3O2S-. The van der Waals surface area contributed by atoms with E-state index in [0.29, 0.717) is 17.6 Å². The fourth-order valence-corrected chi connectivity index (χ4v) is 4.26. The highest BCUT2D eigenvalue weighted by Gasteiger charge is 2.25. The van der Waals surface area contributed by atoms with Crippen LogP contribution < -0.4 is 10.4 Å². The SMILES string of the molecule is Cc1nc(NCC(=O)[O-])c2c3c(sc2n1)CCC[C@H]3C. The highest BCUT2D eigenvalue weighted by Crippen LogP contribution is 2.43. The van der Waals surface area contributed by atoms with Gasteiger partial charge in [0, 0.05) is 4.88 Å². The van der Waals surface area contributed by atoms with Crippen molar-refractivity contribution < 1.29 is 9.90 Å². The first-order valence-electron chi connectivity index (χ1n) is 6.80. The van der Waals surface area contributed by atoms with E-state index >= 15 is 0 Å². The molecule has 2 heterocycles. The Morgan fingerprint density at radius 1 is 1.50 bits per heavy atom. The maximum absolute atomic E-state index is 10.7. The lowest BCUT2D eigenvalue weighted by molar-refractivity contribution is -0.302. The number of nitrogens with zero attached hydrogens (tertiary/aromatic N) is 2. The number of aromatic nitrogens is 2. The number of anilines is 1. The van der Waals surface area contributed by atoms with Crippen LogP contribution in [0, 0.1) is 6.92 Å². The number of carbonyl (C=O) groups is 1. The van der Waals surface area contributed by atoms with Crippen LogP contribution in [0.1, 0.15) is 41.9 Å². The van der Waals surface area contributed by atoms with Crippen LogP contribution in [0.2, 0.25) is 0 Å². The topological polar surface area (TPSA) is 77.9 Å². The zero-order chi connectivity index (χ0) is 14.3. The Balaban J connectivity index is 2.17. The van der Waals surface area contributed by atoms with Crippen molar-refractivity contribution in [3.63, 3.8) is 0 Å². The molecule has 0 fully saturated rings. The van der Waals surface area contributed by atoms with Crippen molar-refractivity contribution in [3.05, 3.63) is 16.3 Å². The second-order valence-corrected chi connectivity index (χ2v) is 6.34. The molecule has 0 spiro atoms. The van der Waals surface area contributed by atoms with Crippen LogP contribution in [0.15, 0.2) is 0 Å². The van der Waals surface area contributed by atoms with Crippen LogP contribution >= 0.6 is 11.3 Å². The monoisotopic (exact) mass is 290 g/mol. The lowest BCUT2D eigenvalue weighted by Crippen LogP contribution is -2.30. The third-order valence-corrected chi connectivity index (χ3v) is 4.87. The minimum absolute atomic E-state index is 0.232. The minimum Gasteiger partial charge on any atom is -0.548 e. The van der Waals surface area contributed by atoms with Gasteiger partial charge in [0.05, 0.1) is 17.9 Å². The predicted octanol–water partition coefficient (Wildman–Crippen LogP) is 1.60. The van der Waals surface area contributed by atoms with Gasteiger partial charge in [0.1, 0.15) is 16.5 Å². The maximum Gasteiger partial charge on any atom is 0.139 e. The highest BCUT2D eigenvalue weighted by molar-refractivity contribution is 7.19. The third kappa shape index (κ3) is 2.24. The summed E-state index contributed by atoms with van der Waals surface area (Å²) in [4.78, 5) is 21.9. The number of nitrogens with one attached hydrogen (secondary N) is 1. The molecule has 1 atom stereocenters. The van der Waals surface area contributed by atoms with E-state index in [1.165, 1.54) is 16.9 Å². The fourth-order valence-electron chi connectivity index (χ4n) is 2.88. The van der Waals surface area contributed by atoms with Gasteiger partial charge in [-0.2, -0.15) is 0 Å². The van der Waals surface area contributed by atoms with Gasteiger partial charge < -0.3 is 15.2 Å². The summed E-state index contributed by atoms with van der Waals surface area (Å²) >= 11 is 1.71. The summed E-state index contributed by atoms with van der Waals surface area (Å²) < 4.78 is 0. The Hall–Kier alpha value is -1.69. The molecule has 3 rings (SSSR count). The van der Waals surface area contributed by atoms with Crippen molar-refractivity contribution in [3.8, 4) is 0 Å². The van der Waals surface area contributed by atoms with Crippen molar-refractivity contribution in [2.75, 3.05) is 11.9 Å². The van der Waals surface area contributed by atoms with E-state index in [4.69, 9.17) is 0 Å². The molecule has 20 heavy (non-hydrogen) atoms.